The Bertz CT molecular complexity index is 1060. The average molecular weight is 541 g/mol. The number of aliphatic hydroxyl groups excluding tert-OH is 1. The van der Waals surface area contributed by atoms with Crippen molar-refractivity contribution in [2.45, 2.75) is 36.1 Å². The van der Waals surface area contributed by atoms with Crippen LogP contribution in [0.5, 0.6) is 0 Å². The highest BCUT2D eigenvalue weighted by Gasteiger charge is 2.90. The van der Waals surface area contributed by atoms with Crippen LogP contribution in [-0.2, 0) is 36.4 Å². The molecule has 186 valence electrons. The number of aliphatic hydroxyl groups is 2. The van der Waals surface area contributed by atoms with Crippen molar-refractivity contribution in [3.63, 3.8) is 0 Å². The number of fused-ring (bicyclic) bond motifs is 1. The first-order chi connectivity index (χ1) is 15.0. The minimum Gasteiger partial charge on any atom is -0.381 e. The van der Waals surface area contributed by atoms with Gasteiger partial charge in [-0.3, -0.25) is 9.32 Å². The summed E-state index contributed by atoms with van der Waals surface area (Å²) in [5.41, 5.74) is 3.32. The van der Waals surface area contributed by atoms with Gasteiger partial charge in [0.2, 0.25) is 12.3 Å². The van der Waals surface area contributed by atoms with Crippen LogP contribution in [0.2, 0.25) is 0 Å². The number of azide groups is 1. The molecule has 1 aliphatic carbocycles. The molecule has 1 amide bonds. The van der Waals surface area contributed by atoms with Gasteiger partial charge in [-0.25, -0.2) is 18.1 Å². The van der Waals surface area contributed by atoms with E-state index in [9.17, 15) is 38.5 Å². The van der Waals surface area contributed by atoms with Crippen LogP contribution in [0.3, 0.4) is 0 Å². The van der Waals surface area contributed by atoms with Gasteiger partial charge in [-0.05, 0) is 5.53 Å². The standard InChI is InChI=1S/C10H15FN5O14P3/c11-5-6(16-2-1-4(17)14-8(16)18)27-9(3-13-15-12)7(10(5,9)19)28-32(23,24)30-33(25,26)29-31(20,21)22/h1-2,5-8,18-19H,3H2,(H,14,17)(H,23,24)(H,25,26)(H2,20,21,22)/t5-,6+,7?,8?,9+,10+/m0/s1. The Balaban J connectivity index is 1.84. The molecule has 4 unspecified atom stereocenters. The van der Waals surface area contributed by atoms with Crippen LogP contribution in [0.15, 0.2) is 17.4 Å². The van der Waals surface area contributed by atoms with Crippen molar-refractivity contribution in [2.75, 3.05) is 6.54 Å². The van der Waals surface area contributed by atoms with Crippen LogP contribution in [0.25, 0.3) is 10.4 Å². The van der Waals surface area contributed by atoms with E-state index in [1.54, 1.807) is 0 Å². The van der Waals surface area contributed by atoms with E-state index in [4.69, 9.17) is 20.1 Å². The quantitative estimate of drug-likeness (QED) is 0.0749. The summed E-state index contributed by atoms with van der Waals surface area (Å²) in [5, 5.41) is 25.7. The fourth-order valence-electron chi connectivity index (χ4n) is 3.41. The number of alkyl halides is 1. The van der Waals surface area contributed by atoms with E-state index >= 15 is 4.39 Å². The van der Waals surface area contributed by atoms with Gasteiger partial charge in [-0.15, -0.1) is 0 Å². The molecule has 7 N–H and O–H groups in total. The Morgan fingerprint density at radius 1 is 1.27 bits per heavy atom. The molecule has 0 aromatic rings. The number of halogens is 1. The molecule has 2 aliphatic heterocycles. The number of hydrogen-bond acceptors (Lipinski definition) is 12. The maximum Gasteiger partial charge on any atom is 0.490 e. The highest BCUT2D eigenvalue weighted by molar-refractivity contribution is 7.66. The number of rotatable bonds is 9. The Kier molecular flexibility index (Phi) is 6.61. The van der Waals surface area contributed by atoms with Gasteiger partial charge in [0.15, 0.2) is 18.0 Å². The molecule has 0 spiro atoms. The number of nitrogens with one attached hydrogen (secondary N) is 1. The molecule has 2 heterocycles. The first-order valence-electron chi connectivity index (χ1n) is 8.29. The third kappa shape index (κ3) is 4.86. The first kappa shape index (κ1) is 26.2. The van der Waals surface area contributed by atoms with Gasteiger partial charge in [0, 0.05) is 17.2 Å². The van der Waals surface area contributed by atoms with Crippen molar-refractivity contribution < 1.29 is 70.5 Å². The molecular formula is C10H15FN5O14P3. The van der Waals surface area contributed by atoms with E-state index < -0.39 is 72.0 Å². The summed E-state index contributed by atoms with van der Waals surface area (Å²) in [4.78, 5) is 50.3. The van der Waals surface area contributed by atoms with Crippen LogP contribution in [0.1, 0.15) is 0 Å². The topological polar surface area (TPSA) is 291 Å². The summed E-state index contributed by atoms with van der Waals surface area (Å²) in [6, 6.07) is 0. The second-order valence-corrected chi connectivity index (χ2v) is 11.1. The first-order valence-corrected chi connectivity index (χ1v) is 12.8. The lowest BCUT2D eigenvalue weighted by molar-refractivity contribution is -0.165. The molecule has 0 bridgehead atoms. The summed E-state index contributed by atoms with van der Waals surface area (Å²) >= 11 is 0. The second-order valence-electron chi connectivity index (χ2n) is 6.74. The van der Waals surface area contributed by atoms with Crippen molar-refractivity contribution in [1.82, 2.24) is 10.2 Å². The molecule has 3 rings (SSSR count). The summed E-state index contributed by atoms with van der Waals surface area (Å²) in [7, 11) is -17.4. The number of carbonyl (C=O) groups excluding carboxylic acids is 1. The van der Waals surface area contributed by atoms with E-state index in [-0.39, 0.29) is 0 Å². The Hall–Kier alpha value is -1.46. The fraction of sp³-hybridized carbons (Fsp3) is 0.700. The van der Waals surface area contributed by atoms with Crippen LogP contribution in [-0.4, -0.2) is 83.2 Å². The van der Waals surface area contributed by atoms with Crippen molar-refractivity contribution in [3.8, 4) is 0 Å². The highest BCUT2D eigenvalue weighted by atomic mass is 31.3. The van der Waals surface area contributed by atoms with E-state index in [0.29, 0.717) is 4.90 Å². The van der Waals surface area contributed by atoms with Gasteiger partial charge in [0.1, 0.15) is 11.7 Å². The van der Waals surface area contributed by atoms with E-state index in [1.807, 2.05) is 5.32 Å². The van der Waals surface area contributed by atoms with E-state index in [0.717, 1.165) is 12.3 Å². The number of ether oxygens (including phenoxy) is 1. The molecule has 0 aromatic carbocycles. The molecule has 0 radical (unpaired) electrons. The summed E-state index contributed by atoms with van der Waals surface area (Å²) in [6.45, 7) is -0.919. The lowest BCUT2D eigenvalue weighted by Crippen LogP contribution is -2.56. The second kappa shape index (κ2) is 8.34. The van der Waals surface area contributed by atoms with Gasteiger partial charge in [-0.1, -0.05) is 5.11 Å². The predicted molar refractivity (Wildman–Crippen MR) is 95.3 cm³/mol. The van der Waals surface area contributed by atoms with Gasteiger partial charge in [0.25, 0.3) is 0 Å². The van der Waals surface area contributed by atoms with E-state index in [2.05, 4.69) is 23.2 Å². The molecular weight excluding hydrogens is 526 g/mol. The lowest BCUT2D eigenvalue weighted by atomic mass is 10.1. The average Bonchev–Trinajstić information content (AvgIpc) is 3.00. The molecule has 1 saturated carbocycles. The van der Waals surface area contributed by atoms with Crippen molar-refractivity contribution in [3.05, 3.63) is 22.7 Å². The monoisotopic (exact) mass is 541 g/mol. The zero-order chi connectivity index (χ0) is 25.0. The molecule has 3 aliphatic rings. The number of carbonyl (C=O) groups is 1. The zero-order valence-electron chi connectivity index (χ0n) is 15.6. The molecule has 1 saturated heterocycles. The molecule has 33 heavy (non-hydrogen) atoms. The van der Waals surface area contributed by atoms with Gasteiger partial charge in [0.05, 0.1) is 6.54 Å². The Morgan fingerprint density at radius 3 is 2.45 bits per heavy atom. The summed E-state index contributed by atoms with van der Waals surface area (Å²) in [5.74, 6) is -0.745. The van der Waals surface area contributed by atoms with Crippen molar-refractivity contribution in [1.29, 1.82) is 0 Å². The zero-order valence-corrected chi connectivity index (χ0v) is 18.3. The smallest absolute Gasteiger partial charge is 0.381 e. The Morgan fingerprint density at radius 2 is 1.91 bits per heavy atom. The minimum absolute atomic E-state index is 0.704. The number of phosphoric acid groups is 3. The number of phosphoric ester groups is 1. The lowest BCUT2D eigenvalue weighted by Gasteiger charge is -2.37. The van der Waals surface area contributed by atoms with Crippen LogP contribution >= 0.6 is 23.5 Å². The third-order valence-electron chi connectivity index (χ3n) is 4.69. The van der Waals surface area contributed by atoms with E-state index in [1.165, 1.54) is 0 Å². The predicted octanol–water partition coefficient (Wildman–Crippen LogP) is -1.59. The number of nitrogens with zero attached hydrogens (tertiary/aromatic N) is 4. The molecule has 8 atom stereocenters. The molecule has 0 aromatic heterocycles. The third-order valence-corrected chi connectivity index (χ3v) is 8.49. The minimum atomic E-state index is -5.91. The number of hydrogen-bond donors (Lipinski definition) is 7. The SMILES string of the molecule is [N-]=[N+]=NC[C@]12O[C@@H](N3C=CC(=O)NC3O)[C@H](F)[C@@]1(O)C2OP(=O)(O)OP(=O)(O)OP(=O)(O)O. The molecule has 23 heteroatoms. The maximum atomic E-state index is 15.2. The highest BCUT2D eigenvalue weighted by Crippen LogP contribution is 2.71. The molecule has 2 fully saturated rings. The van der Waals surface area contributed by atoms with Crippen LogP contribution in [0, 0.1) is 0 Å². The normalized spacial score (nSPS) is 39.1. The van der Waals surface area contributed by atoms with Gasteiger partial charge in [-0.2, -0.15) is 8.62 Å². The van der Waals surface area contributed by atoms with Gasteiger partial charge < -0.3 is 44.7 Å². The number of amides is 1. The van der Waals surface area contributed by atoms with Crippen LogP contribution in [0.4, 0.5) is 4.39 Å². The fourth-order valence-corrected chi connectivity index (χ4v) is 6.67. The van der Waals surface area contributed by atoms with Crippen molar-refractivity contribution >= 4 is 29.4 Å². The van der Waals surface area contributed by atoms with Crippen molar-refractivity contribution in [2.24, 2.45) is 5.11 Å². The molecule has 19 nitrogen and oxygen atoms in total. The maximum absolute atomic E-state index is 15.2. The summed E-state index contributed by atoms with van der Waals surface area (Å²) in [6.07, 6.45) is -6.64. The Labute approximate surface area is 181 Å². The largest absolute Gasteiger partial charge is 0.490 e. The van der Waals surface area contributed by atoms with Gasteiger partial charge >= 0.3 is 23.5 Å². The summed E-state index contributed by atoms with van der Waals surface area (Å²) < 4.78 is 66.3. The van der Waals surface area contributed by atoms with Crippen LogP contribution < -0.4 is 5.32 Å².